The van der Waals surface area contributed by atoms with Crippen LogP contribution in [0.3, 0.4) is 0 Å². The minimum absolute atomic E-state index is 0.0691. The number of rotatable bonds is 5. The van der Waals surface area contributed by atoms with E-state index in [-0.39, 0.29) is 30.3 Å². The van der Waals surface area contributed by atoms with Crippen molar-refractivity contribution < 1.29 is 10.2 Å². The zero-order valence-electron chi connectivity index (χ0n) is 14.0. The highest BCUT2D eigenvalue weighted by molar-refractivity contribution is 5.57. The number of H-pyrrole nitrogens is 2. The van der Waals surface area contributed by atoms with Gasteiger partial charge in [0.05, 0.1) is 18.8 Å². The van der Waals surface area contributed by atoms with Gasteiger partial charge >= 0.3 is 5.69 Å². The smallest absolute Gasteiger partial charge is 0.326 e. The van der Waals surface area contributed by atoms with Gasteiger partial charge in [-0.25, -0.2) is 9.79 Å². The van der Waals surface area contributed by atoms with E-state index in [0.29, 0.717) is 22.4 Å². The Balaban J connectivity index is 1.91. The maximum Gasteiger partial charge on any atom is 0.326 e. The summed E-state index contributed by atoms with van der Waals surface area (Å²) in [5.74, 6) is 0.0546. The molecule has 1 unspecified atom stereocenters. The van der Waals surface area contributed by atoms with Gasteiger partial charge in [-0.1, -0.05) is 0 Å². The summed E-state index contributed by atoms with van der Waals surface area (Å²) in [5, 5.41) is 26.9. The first-order valence-electron chi connectivity index (χ1n) is 8.23. The van der Waals surface area contributed by atoms with Crippen LogP contribution in [0.4, 0.5) is 5.95 Å². The summed E-state index contributed by atoms with van der Waals surface area (Å²) in [6, 6.07) is 0.00423. The van der Waals surface area contributed by atoms with E-state index in [1.807, 2.05) is 0 Å². The Morgan fingerprint density at radius 3 is 2.92 bits per heavy atom. The number of imidazole rings is 1. The van der Waals surface area contributed by atoms with Gasteiger partial charge in [-0.15, -0.1) is 0 Å². The molecule has 0 bridgehead atoms. The number of hydrogen-bond acceptors (Lipinski definition) is 8. The number of fused-ring (bicyclic) bond motifs is 1. The number of aliphatic hydroxyl groups excluding tert-OH is 1. The van der Waals surface area contributed by atoms with E-state index in [0.717, 1.165) is 12.8 Å². The second-order valence-corrected chi connectivity index (χ2v) is 6.26. The summed E-state index contributed by atoms with van der Waals surface area (Å²) in [7, 11) is 0. The molecule has 1 aliphatic rings. The van der Waals surface area contributed by atoms with Crippen LogP contribution < -0.4 is 21.8 Å². The molecule has 3 aromatic rings. The molecule has 0 aromatic carbocycles. The van der Waals surface area contributed by atoms with Crippen LogP contribution in [0.5, 0.6) is 5.88 Å². The van der Waals surface area contributed by atoms with Crippen molar-refractivity contribution in [2.75, 3.05) is 11.9 Å². The molecular weight excluding hydrogens is 340 g/mol. The molecule has 11 nitrogen and oxygen atoms in total. The van der Waals surface area contributed by atoms with E-state index in [1.165, 1.54) is 4.52 Å². The van der Waals surface area contributed by atoms with Crippen LogP contribution in [0, 0.1) is 0 Å². The second-order valence-electron chi connectivity index (χ2n) is 6.26. The molecule has 11 heteroatoms. The number of aromatic nitrogens is 6. The normalized spacial score (nSPS) is 17.2. The number of aliphatic hydroxyl groups is 1. The van der Waals surface area contributed by atoms with Crippen molar-refractivity contribution in [2.45, 2.75) is 31.8 Å². The fourth-order valence-corrected chi connectivity index (χ4v) is 2.41. The minimum Gasteiger partial charge on any atom is -0.493 e. The Morgan fingerprint density at radius 2 is 2.27 bits per heavy atom. The average Bonchev–Trinajstić information content (AvgIpc) is 3.24. The van der Waals surface area contributed by atoms with Crippen molar-refractivity contribution in [1.29, 1.82) is 0 Å². The van der Waals surface area contributed by atoms with Gasteiger partial charge < -0.3 is 20.5 Å². The zero-order valence-corrected chi connectivity index (χ0v) is 14.0. The van der Waals surface area contributed by atoms with Gasteiger partial charge in [0.1, 0.15) is 5.69 Å². The van der Waals surface area contributed by atoms with E-state index >= 15 is 0 Å². The van der Waals surface area contributed by atoms with Crippen LogP contribution in [0.25, 0.3) is 11.7 Å². The molecule has 1 fully saturated rings. The summed E-state index contributed by atoms with van der Waals surface area (Å²) in [6.07, 6.45) is 5.14. The van der Waals surface area contributed by atoms with Crippen molar-refractivity contribution in [3.8, 4) is 5.88 Å². The quantitative estimate of drug-likeness (QED) is 0.362. The third kappa shape index (κ3) is 3.16. The summed E-state index contributed by atoms with van der Waals surface area (Å²) >= 11 is 0. The molecule has 3 heterocycles. The summed E-state index contributed by atoms with van der Waals surface area (Å²) < 4.78 is 1.51. The lowest BCUT2D eigenvalue weighted by Gasteiger charge is -2.10. The minimum atomic E-state index is -0.511. The topological polar surface area (TPSA) is 157 Å². The van der Waals surface area contributed by atoms with Gasteiger partial charge in [-0.05, 0) is 25.8 Å². The molecule has 1 atom stereocenters. The molecule has 0 saturated heterocycles. The van der Waals surface area contributed by atoms with E-state index in [4.69, 9.17) is 0 Å². The molecule has 0 amide bonds. The summed E-state index contributed by atoms with van der Waals surface area (Å²) in [4.78, 5) is 29.4. The number of aromatic hydroxyl groups is 1. The molecule has 0 radical (unpaired) electrons. The van der Waals surface area contributed by atoms with Gasteiger partial charge in [-0.2, -0.15) is 19.6 Å². The van der Waals surface area contributed by atoms with Crippen LogP contribution >= 0.6 is 0 Å². The molecule has 5 N–H and O–H groups in total. The van der Waals surface area contributed by atoms with E-state index in [1.54, 1.807) is 19.2 Å². The molecule has 1 aliphatic carbocycles. The Hall–Kier alpha value is -3.21. The molecule has 26 heavy (non-hydrogen) atoms. The Morgan fingerprint density at radius 1 is 1.46 bits per heavy atom. The van der Waals surface area contributed by atoms with Crippen molar-refractivity contribution in [3.63, 3.8) is 0 Å². The predicted molar refractivity (Wildman–Crippen MR) is 91.4 cm³/mol. The highest BCUT2D eigenvalue weighted by Crippen LogP contribution is 2.22. The third-order valence-corrected chi connectivity index (χ3v) is 3.91. The van der Waals surface area contributed by atoms with Gasteiger partial charge in [-0.3, -0.25) is 4.98 Å². The monoisotopic (exact) mass is 358 g/mol. The van der Waals surface area contributed by atoms with E-state index in [9.17, 15) is 15.0 Å². The number of aromatic amines is 2. The van der Waals surface area contributed by atoms with Gasteiger partial charge in [0, 0.05) is 11.3 Å². The average molecular weight is 358 g/mol. The lowest BCUT2D eigenvalue weighted by atomic mass is 10.3. The van der Waals surface area contributed by atoms with Crippen LogP contribution in [0.15, 0.2) is 16.0 Å². The zero-order chi connectivity index (χ0) is 18.3. The number of hydrogen-bond donors (Lipinski definition) is 5. The van der Waals surface area contributed by atoms with Crippen molar-refractivity contribution >= 4 is 17.7 Å². The Bertz CT molecular complexity index is 1120. The highest BCUT2D eigenvalue weighted by Gasteiger charge is 2.21. The number of anilines is 1. The maximum atomic E-state index is 11.3. The van der Waals surface area contributed by atoms with Gasteiger partial charge in [0.15, 0.2) is 5.65 Å². The van der Waals surface area contributed by atoms with Crippen molar-refractivity contribution in [1.82, 2.24) is 29.5 Å². The van der Waals surface area contributed by atoms with Crippen LogP contribution in [0.2, 0.25) is 0 Å². The van der Waals surface area contributed by atoms with Gasteiger partial charge in [0.2, 0.25) is 11.8 Å². The van der Waals surface area contributed by atoms with Crippen LogP contribution in [0.1, 0.15) is 25.5 Å². The summed E-state index contributed by atoms with van der Waals surface area (Å²) in [5.41, 5.74) is 0.593. The fourth-order valence-electron chi connectivity index (χ4n) is 2.41. The standard InChI is InChI=1S/C15H18N8O3/c1-7(6-24)17-13-20-11-8(4-10-12(25)21-15(26)19-10)5-16-23(11)14(22-13)18-9-2-3-9/h4-5,7,9,24-25H,2-3,6H2,1H3,(H,17,18,22)(H2,19,21,26)/b8-4-. The van der Waals surface area contributed by atoms with E-state index < -0.39 is 5.69 Å². The maximum absolute atomic E-state index is 11.3. The van der Waals surface area contributed by atoms with Crippen molar-refractivity contribution in [3.05, 3.63) is 33.2 Å². The molecule has 3 aromatic heterocycles. The van der Waals surface area contributed by atoms with Gasteiger partial charge in [0.25, 0.3) is 5.62 Å². The molecule has 0 spiro atoms. The fraction of sp³-hybridized carbons (Fsp3) is 0.400. The third-order valence-electron chi connectivity index (χ3n) is 3.91. The predicted octanol–water partition coefficient (Wildman–Crippen LogP) is -1.75. The lowest BCUT2D eigenvalue weighted by Crippen LogP contribution is -2.28. The summed E-state index contributed by atoms with van der Waals surface area (Å²) in [6.45, 7) is 1.73. The first-order chi connectivity index (χ1) is 12.5. The Kier molecular flexibility index (Phi) is 3.92. The Labute approximate surface area is 146 Å². The largest absolute Gasteiger partial charge is 0.493 e. The van der Waals surface area contributed by atoms with Crippen LogP contribution in [-0.2, 0) is 0 Å². The van der Waals surface area contributed by atoms with Crippen molar-refractivity contribution in [2.24, 2.45) is 4.99 Å². The van der Waals surface area contributed by atoms with Crippen LogP contribution in [-0.4, -0.2) is 58.5 Å². The number of nitrogens with zero attached hydrogens (tertiary/aromatic N) is 5. The first kappa shape index (κ1) is 16.3. The molecule has 1 saturated carbocycles. The molecule has 4 rings (SSSR count). The SMILES string of the molecule is CC(CO)Nc1nc(=NC2CC2)n2nc/c(=C/c3[nH]c(=O)[nH]c3O)c2n1. The first-order valence-corrected chi connectivity index (χ1v) is 8.23. The lowest BCUT2D eigenvalue weighted by molar-refractivity contribution is 0.281. The molecule has 0 aliphatic heterocycles. The number of nitrogens with one attached hydrogen (secondary N) is 3. The molecule has 136 valence electrons. The highest BCUT2D eigenvalue weighted by atomic mass is 16.3. The van der Waals surface area contributed by atoms with E-state index in [2.05, 4.69) is 35.3 Å². The second kappa shape index (κ2) is 6.26. The molecular formula is C15H18N8O3.